The van der Waals surface area contributed by atoms with Crippen LogP contribution in [0.3, 0.4) is 0 Å². The van der Waals surface area contributed by atoms with E-state index < -0.39 is 0 Å². The third kappa shape index (κ3) is 3.18. The highest BCUT2D eigenvalue weighted by Crippen LogP contribution is 2.48. The van der Waals surface area contributed by atoms with Crippen molar-refractivity contribution in [2.24, 2.45) is 5.92 Å². The lowest BCUT2D eigenvalue weighted by Crippen LogP contribution is -2.15. The second kappa shape index (κ2) is 6.39. The highest BCUT2D eigenvalue weighted by atomic mass is 16.5. The number of carbonyl (C=O) groups excluding carboxylic acids is 1. The van der Waals surface area contributed by atoms with Crippen molar-refractivity contribution in [3.05, 3.63) is 47.8 Å². The van der Waals surface area contributed by atoms with Gasteiger partial charge in [-0.3, -0.25) is 9.78 Å². The average molecular weight is 338 g/mol. The van der Waals surface area contributed by atoms with E-state index >= 15 is 0 Å². The molecule has 5 heteroatoms. The van der Waals surface area contributed by atoms with Crippen LogP contribution in [0.15, 0.2) is 36.7 Å². The van der Waals surface area contributed by atoms with Crippen LogP contribution in [-0.2, 0) is 11.2 Å². The van der Waals surface area contributed by atoms with Crippen molar-refractivity contribution in [1.29, 1.82) is 0 Å². The maximum Gasteiger partial charge on any atom is 0.228 e. The third-order valence-electron chi connectivity index (χ3n) is 4.80. The summed E-state index contributed by atoms with van der Waals surface area (Å²) in [5.41, 5.74) is 2.95. The van der Waals surface area contributed by atoms with E-state index in [9.17, 15) is 4.79 Å². The second-order valence-corrected chi connectivity index (χ2v) is 6.75. The minimum atomic E-state index is -0.00762. The van der Waals surface area contributed by atoms with Crippen LogP contribution in [-0.4, -0.2) is 23.6 Å². The number of benzene rings is 1. The van der Waals surface area contributed by atoms with Gasteiger partial charge in [-0.1, -0.05) is 6.07 Å². The molecule has 3 atom stereocenters. The fourth-order valence-corrected chi connectivity index (χ4v) is 3.49. The summed E-state index contributed by atoms with van der Waals surface area (Å²) in [5, 5.41) is 3.04. The van der Waals surface area contributed by atoms with Crippen LogP contribution in [0.2, 0.25) is 0 Å². The molecular weight excluding hydrogens is 316 g/mol. The van der Waals surface area contributed by atoms with Crippen LogP contribution in [0, 0.1) is 5.92 Å². The van der Waals surface area contributed by atoms with Gasteiger partial charge in [0.2, 0.25) is 5.91 Å². The molecule has 0 spiro atoms. The first-order valence-electron chi connectivity index (χ1n) is 8.83. The van der Waals surface area contributed by atoms with E-state index in [0.717, 1.165) is 29.7 Å². The van der Waals surface area contributed by atoms with Gasteiger partial charge in [-0.25, -0.2) is 0 Å². The number of fused-ring (bicyclic) bond motifs is 1. The summed E-state index contributed by atoms with van der Waals surface area (Å²) in [4.78, 5) is 16.8. The molecule has 1 fully saturated rings. The molecule has 1 aromatic heterocycles. The van der Waals surface area contributed by atoms with Crippen molar-refractivity contribution >= 4 is 11.6 Å². The molecule has 4 rings (SSSR count). The lowest BCUT2D eigenvalue weighted by Gasteiger charge is -2.13. The third-order valence-corrected chi connectivity index (χ3v) is 4.80. The summed E-state index contributed by atoms with van der Waals surface area (Å²) in [5.74, 6) is 1.83. The molecule has 2 heterocycles. The van der Waals surface area contributed by atoms with E-state index in [0.29, 0.717) is 18.0 Å². The Balaban J connectivity index is 1.51. The lowest BCUT2D eigenvalue weighted by molar-refractivity contribution is -0.117. The number of nitrogens with zero attached hydrogens (tertiary/aromatic N) is 1. The van der Waals surface area contributed by atoms with Crippen molar-refractivity contribution in [3.63, 3.8) is 0 Å². The van der Waals surface area contributed by atoms with Crippen molar-refractivity contribution < 1.29 is 14.3 Å². The number of hydrogen-bond donors (Lipinski definition) is 1. The van der Waals surface area contributed by atoms with Gasteiger partial charge in [-0.15, -0.1) is 0 Å². The summed E-state index contributed by atoms with van der Waals surface area (Å²) >= 11 is 0. The molecule has 2 aliphatic rings. The number of amides is 1. The molecule has 1 amide bonds. The summed E-state index contributed by atoms with van der Waals surface area (Å²) in [6.45, 7) is 4.54. The summed E-state index contributed by atoms with van der Waals surface area (Å²) < 4.78 is 11.5. The number of pyridine rings is 1. The molecule has 1 aliphatic carbocycles. The zero-order valence-corrected chi connectivity index (χ0v) is 14.5. The SMILES string of the molecule is CCOc1cc2c(cc1NC(=O)[C@@H]1C[C@@H]1c1cccnc1)O[C@@H](C)C2. The van der Waals surface area contributed by atoms with Gasteiger partial charge in [0.1, 0.15) is 17.6 Å². The largest absolute Gasteiger partial charge is 0.492 e. The number of aromatic nitrogens is 1. The predicted molar refractivity (Wildman–Crippen MR) is 95.1 cm³/mol. The molecule has 1 aliphatic heterocycles. The van der Waals surface area contributed by atoms with Crippen LogP contribution >= 0.6 is 0 Å². The Hall–Kier alpha value is -2.56. The van der Waals surface area contributed by atoms with Gasteiger partial charge < -0.3 is 14.8 Å². The molecule has 0 saturated heterocycles. The first-order valence-corrected chi connectivity index (χ1v) is 8.83. The fraction of sp³-hybridized carbons (Fsp3) is 0.400. The van der Waals surface area contributed by atoms with E-state index in [2.05, 4.69) is 10.3 Å². The molecule has 5 nitrogen and oxygen atoms in total. The van der Waals surface area contributed by atoms with Crippen LogP contribution < -0.4 is 14.8 Å². The summed E-state index contributed by atoms with van der Waals surface area (Å²) in [6, 6.07) is 7.82. The number of rotatable bonds is 5. The lowest BCUT2D eigenvalue weighted by atomic mass is 10.1. The Bertz CT molecular complexity index is 791. The second-order valence-electron chi connectivity index (χ2n) is 6.75. The number of nitrogens with one attached hydrogen (secondary N) is 1. The minimum Gasteiger partial charge on any atom is -0.492 e. The van der Waals surface area contributed by atoms with Crippen molar-refractivity contribution in [1.82, 2.24) is 4.98 Å². The monoisotopic (exact) mass is 338 g/mol. The first-order chi connectivity index (χ1) is 12.2. The zero-order valence-electron chi connectivity index (χ0n) is 14.5. The molecule has 1 saturated carbocycles. The Morgan fingerprint density at radius 1 is 1.44 bits per heavy atom. The standard InChI is InChI=1S/C20H22N2O3/c1-3-24-19-8-14-7-12(2)25-18(14)10-17(19)22-20(23)16-9-15(16)13-5-4-6-21-11-13/h4-6,8,10-12,15-16H,3,7,9H2,1-2H3,(H,22,23)/t12-,15+,16+/m0/s1. The number of ether oxygens (including phenoxy) is 2. The fourth-order valence-electron chi connectivity index (χ4n) is 3.49. The first kappa shape index (κ1) is 15.9. The van der Waals surface area contributed by atoms with Gasteiger partial charge >= 0.3 is 0 Å². The Labute approximate surface area is 147 Å². The highest BCUT2D eigenvalue weighted by Gasteiger charge is 2.44. The highest BCUT2D eigenvalue weighted by molar-refractivity contribution is 5.96. The van der Waals surface area contributed by atoms with Gasteiger partial charge in [0.15, 0.2) is 0 Å². The molecule has 130 valence electrons. The molecule has 0 unspecified atom stereocenters. The Morgan fingerprint density at radius 2 is 2.32 bits per heavy atom. The number of hydrogen-bond acceptors (Lipinski definition) is 4. The minimum absolute atomic E-state index is 0.00762. The molecule has 25 heavy (non-hydrogen) atoms. The van der Waals surface area contributed by atoms with Gasteiger partial charge in [0, 0.05) is 36.4 Å². The van der Waals surface area contributed by atoms with E-state index in [4.69, 9.17) is 9.47 Å². The Kier molecular flexibility index (Phi) is 4.07. The van der Waals surface area contributed by atoms with Gasteiger partial charge in [0.25, 0.3) is 0 Å². The van der Waals surface area contributed by atoms with Crippen molar-refractivity contribution in [2.45, 2.75) is 38.7 Å². The van der Waals surface area contributed by atoms with E-state index in [-0.39, 0.29) is 23.8 Å². The summed E-state index contributed by atoms with van der Waals surface area (Å²) in [7, 11) is 0. The number of anilines is 1. The van der Waals surface area contributed by atoms with E-state index in [1.54, 1.807) is 6.20 Å². The quantitative estimate of drug-likeness (QED) is 0.906. The number of carbonyl (C=O) groups is 1. The maximum absolute atomic E-state index is 12.7. The van der Waals surface area contributed by atoms with Crippen LogP contribution in [0.1, 0.15) is 37.3 Å². The van der Waals surface area contributed by atoms with E-state index in [1.807, 2.05) is 44.3 Å². The maximum atomic E-state index is 12.7. The van der Waals surface area contributed by atoms with Gasteiger partial charge in [-0.05, 0) is 43.9 Å². The predicted octanol–water partition coefficient (Wildman–Crippen LogP) is 3.55. The van der Waals surface area contributed by atoms with E-state index in [1.165, 1.54) is 0 Å². The van der Waals surface area contributed by atoms with Crippen LogP contribution in [0.4, 0.5) is 5.69 Å². The van der Waals surface area contributed by atoms with Crippen LogP contribution in [0.25, 0.3) is 0 Å². The Morgan fingerprint density at radius 3 is 3.08 bits per heavy atom. The zero-order chi connectivity index (χ0) is 17.4. The topological polar surface area (TPSA) is 60.5 Å². The molecular formula is C20H22N2O3. The average Bonchev–Trinajstić information content (AvgIpc) is 3.33. The van der Waals surface area contributed by atoms with Crippen molar-refractivity contribution in [3.8, 4) is 11.5 Å². The smallest absolute Gasteiger partial charge is 0.228 e. The molecule has 1 aromatic carbocycles. The van der Waals surface area contributed by atoms with Gasteiger partial charge in [-0.2, -0.15) is 0 Å². The molecule has 0 radical (unpaired) electrons. The molecule has 2 aromatic rings. The van der Waals surface area contributed by atoms with Crippen molar-refractivity contribution in [2.75, 3.05) is 11.9 Å². The normalized spacial score (nSPS) is 23.5. The molecule has 0 bridgehead atoms. The van der Waals surface area contributed by atoms with Crippen LogP contribution in [0.5, 0.6) is 11.5 Å². The van der Waals surface area contributed by atoms with Gasteiger partial charge in [0.05, 0.1) is 12.3 Å². The molecule has 1 N–H and O–H groups in total. The summed E-state index contributed by atoms with van der Waals surface area (Å²) in [6.07, 6.45) is 5.48.